The minimum Gasteiger partial charge on any atom is -0.490 e. The van der Waals surface area contributed by atoms with Crippen molar-refractivity contribution in [3.05, 3.63) is 36.9 Å². The third-order valence-electron chi connectivity index (χ3n) is 3.71. The van der Waals surface area contributed by atoms with Crippen LogP contribution >= 0.6 is 0 Å². The maximum atomic E-state index is 12.3. The van der Waals surface area contributed by atoms with Crippen LogP contribution in [0, 0.1) is 5.92 Å². The number of hydrogen-bond acceptors (Lipinski definition) is 4. The standard InChI is InChI=1S/C16H22N2O4S/c1-3-11-22-15-8-6-14(7-9-15)17-16(19)13-5-4-10-18(12-13)23(2,20)21/h3,6-9,13H,1,4-5,10-12H2,2H3,(H,17,19). The van der Waals surface area contributed by atoms with Crippen LogP contribution < -0.4 is 10.1 Å². The van der Waals surface area contributed by atoms with Crippen molar-refractivity contribution in [1.29, 1.82) is 0 Å². The molecular weight excluding hydrogens is 316 g/mol. The molecule has 6 nitrogen and oxygen atoms in total. The average Bonchev–Trinajstić information content (AvgIpc) is 2.53. The van der Waals surface area contributed by atoms with Crippen LogP contribution in [0.5, 0.6) is 5.75 Å². The minimum absolute atomic E-state index is 0.155. The van der Waals surface area contributed by atoms with Crippen molar-refractivity contribution in [2.75, 3.05) is 31.3 Å². The van der Waals surface area contributed by atoms with Crippen molar-refractivity contribution in [2.45, 2.75) is 12.8 Å². The Hall–Kier alpha value is -1.86. The zero-order valence-corrected chi connectivity index (χ0v) is 14.0. The lowest BCUT2D eigenvalue weighted by atomic mass is 9.99. The molecule has 1 atom stereocenters. The molecule has 1 fully saturated rings. The van der Waals surface area contributed by atoms with Gasteiger partial charge in [0.25, 0.3) is 0 Å². The number of sulfonamides is 1. The summed E-state index contributed by atoms with van der Waals surface area (Å²) >= 11 is 0. The number of nitrogens with zero attached hydrogens (tertiary/aromatic N) is 1. The van der Waals surface area contributed by atoms with E-state index in [1.165, 1.54) is 10.6 Å². The quantitative estimate of drug-likeness (QED) is 0.803. The molecule has 1 amide bonds. The van der Waals surface area contributed by atoms with Gasteiger partial charge in [0.2, 0.25) is 15.9 Å². The maximum absolute atomic E-state index is 12.3. The summed E-state index contributed by atoms with van der Waals surface area (Å²) in [6, 6.07) is 7.05. The molecule has 1 aliphatic heterocycles. The number of amides is 1. The third-order valence-corrected chi connectivity index (χ3v) is 4.98. The first-order valence-electron chi connectivity index (χ1n) is 7.50. The molecule has 2 rings (SSSR count). The molecule has 1 N–H and O–H groups in total. The van der Waals surface area contributed by atoms with Crippen LogP contribution in [-0.2, 0) is 14.8 Å². The van der Waals surface area contributed by atoms with Gasteiger partial charge >= 0.3 is 0 Å². The van der Waals surface area contributed by atoms with Gasteiger partial charge in [0, 0.05) is 18.8 Å². The molecule has 0 saturated carbocycles. The van der Waals surface area contributed by atoms with E-state index in [2.05, 4.69) is 11.9 Å². The van der Waals surface area contributed by atoms with Crippen LogP contribution in [0.4, 0.5) is 5.69 Å². The van der Waals surface area contributed by atoms with Crippen molar-refractivity contribution >= 4 is 21.6 Å². The number of carbonyl (C=O) groups is 1. The minimum atomic E-state index is -3.25. The first-order chi connectivity index (χ1) is 10.9. The first-order valence-corrected chi connectivity index (χ1v) is 9.34. The van der Waals surface area contributed by atoms with Crippen LogP contribution in [0.1, 0.15) is 12.8 Å². The molecule has 7 heteroatoms. The summed E-state index contributed by atoms with van der Waals surface area (Å²) < 4.78 is 30.0. The summed E-state index contributed by atoms with van der Waals surface area (Å²) in [6.45, 7) is 4.73. The van der Waals surface area contributed by atoms with E-state index in [9.17, 15) is 13.2 Å². The van der Waals surface area contributed by atoms with Crippen LogP contribution in [0.2, 0.25) is 0 Å². The summed E-state index contributed by atoms with van der Waals surface area (Å²) in [4.78, 5) is 12.3. The third kappa shape index (κ3) is 5.07. The van der Waals surface area contributed by atoms with Crippen molar-refractivity contribution in [3.8, 4) is 5.75 Å². The van der Waals surface area contributed by atoms with Gasteiger partial charge in [-0.05, 0) is 37.1 Å². The smallest absolute Gasteiger partial charge is 0.228 e. The Balaban J connectivity index is 1.94. The molecule has 1 unspecified atom stereocenters. The normalized spacial score (nSPS) is 19.1. The van der Waals surface area contributed by atoms with Crippen LogP contribution in [0.3, 0.4) is 0 Å². The average molecular weight is 338 g/mol. The van der Waals surface area contributed by atoms with Gasteiger partial charge in [-0.2, -0.15) is 0 Å². The molecule has 0 aliphatic carbocycles. The zero-order valence-electron chi connectivity index (χ0n) is 13.2. The van der Waals surface area contributed by atoms with Gasteiger partial charge in [-0.3, -0.25) is 4.79 Å². The summed E-state index contributed by atoms with van der Waals surface area (Å²) in [6.07, 6.45) is 4.22. The van der Waals surface area contributed by atoms with Crippen LogP contribution in [0.25, 0.3) is 0 Å². The number of carbonyl (C=O) groups excluding carboxylic acids is 1. The van der Waals surface area contributed by atoms with E-state index in [0.29, 0.717) is 37.4 Å². The number of benzene rings is 1. The van der Waals surface area contributed by atoms with E-state index in [1.807, 2.05) is 0 Å². The molecule has 23 heavy (non-hydrogen) atoms. The fourth-order valence-corrected chi connectivity index (χ4v) is 3.40. The number of piperidine rings is 1. The molecule has 1 aromatic rings. The highest BCUT2D eigenvalue weighted by atomic mass is 32.2. The largest absolute Gasteiger partial charge is 0.490 e. The summed E-state index contributed by atoms with van der Waals surface area (Å²) in [5, 5.41) is 2.83. The maximum Gasteiger partial charge on any atom is 0.228 e. The van der Waals surface area contributed by atoms with E-state index < -0.39 is 10.0 Å². The van der Waals surface area contributed by atoms with E-state index in [0.717, 1.165) is 0 Å². The molecule has 0 bridgehead atoms. The number of hydrogen-bond donors (Lipinski definition) is 1. The highest BCUT2D eigenvalue weighted by molar-refractivity contribution is 7.88. The van der Waals surface area contributed by atoms with E-state index >= 15 is 0 Å². The molecule has 1 heterocycles. The fourth-order valence-electron chi connectivity index (χ4n) is 2.49. The molecule has 0 aromatic heterocycles. The lowest BCUT2D eigenvalue weighted by molar-refractivity contribution is -0.120. The number of ether oxygens (including phenoxy) is 1. The molecule has 1 aromatic carbocycles. The van der Waals surface area contributed by atoms with E-state index in [-0.39, 0.29) is 18.4 Å². The highest BCUT2D eigenvalue weighted by Crippen LogP contribution is 2.21. The molecule has 1 aliphatic rings. The zero-order chi connectivity index (χ0) is 16.9. The topological polar surface area (TPSA) is 75.7 Å². The summed E-state index contributed by atoms with van der Waals surface area (Å²) in [7, 11) is -3.25. The summed E-state index contributed by atoms with van der Waals surface area (Å²) in [5.74, 6) is 0.220. The van der Waals surface area contributed by atoms with Gasteiger partial charge in [0.1, 0.15) is 12.4 Å². The highest BCUT2D eigenvalue weighted by Gasteiger charge is 2.30. The van der Waals surface area contributed by atoms with Crippen LogP contribution in [0.15, 0.2) is 36.9 Å². The van der Waals surface area contributed by atoms with Gasteiger partial charge in [0.05, 0.1) is 12.2 Å². The Morgan fingerprint density at radius 1 is 1.43 bits per heavy atom. The Kier molecular flexibility index (Phi) is 5.79. The van der Waals surface area contributed by atoms with Gasteiger partial charge in [-0.25, -0.2) is 12.7 Å². The molecule has 0 radical (unpaired) electrons. The predicted molar refractivity (Wildman–Crippen MR) is 89.9 cm³/mol. The number of anilines is 1. The SMILES string of the molecule is C=CCOc1ccc(NC(=O)C2CCCN(S(C)(=O)=O)C2)cc1. The first kappa shape index (κ1) is 17.5. The van der Waals surface area contributed by atoms with Crippen molar-refractivity contribution < 1.29 is 17.9 Å². The molecular formula is C16H22N2O4S. The summed E-state index contributed by atoms with van der Waals surface area (Å²) in [5.41, 5.74) is 0.664. The van der Waals surface area contributed by atoms with Crippen molar-refractivity contribution in [3.63, 3.8) is 0 Å². The van der Waals surface area contributed by atoms with Gasteiger partial charge < -0.3 is 10.1 Å². The van der Waals surface area contributed by atoms with Gasteiger partial charge in [0.15, 0.2) is 0 Å². The lowest BCUT2D eigenvalue weighted by Gasteiger charge is -2.30. The lowest BCUT2D eigenvalue weighted by Crippen LogP contribution is -2.43. The number of rotatable bonds is 6. The van der Waals surface area contributed by atoms with E-state index in [4.69, 9.17) is 4.74 Å². The Labute approximate surface area is 137 Å². The van der Waals surface area contributed by atoms with Crippen molar-refractivity contribution in [1.82, 2.24) is 4.31 Å². The predicted octanol–water partition coefficient (Wildman–Crippen LogP) is 1.86. The second-order valence-electron chi connectivity index (χ2n) is 5.57. The molecule has 126 valence electrons. The number of nitrogens with one attached hydrogen (secondary N) is 1. The van der Waals surface area contributed by atoms with E-state index in [1.54, 1.807) is 30.3 Å². The van der Waals surface area contributed by atoms with Gasteiger partial charge in [-0.1, -0.05) is 12.7 Å². The second-order valence-corrected chi connectivity index (χ2v) is 7.56. The van der Waals surface area contributed by atoms with Gasteiger partial charge in [-0.15, -0.1) is 0 Å². The Morgan fingerprint density at radius 3 is 2.74 bits per heavy atom. The fraction of sp³-hybridized carbons (Fsp3) is 0.438. The second kappa shape index (κ2) is 7.61. The van der Waals surface area contributed by atoms with Crippen molar-refractivity contribution in [2.24, 2.45) is 5.92 Å². The Morgan fingerprint density at radius 2 is 2.13 bits per heavy atom. The Bertz CT molecular complexity index is 655. The molecule has 0 spiro atoms. The van der Waals surface area contributed by atoms with Crippen LogP contribution in [-0.4, -0.2) is 44.6 Å². The monoisotopic (exact) mass is 338 g/mol. The molecule has 1 saturated heterocycles.